The fraction of sp³-hybridized carbons (Fsp3) is 0.357. The van der Waals surface area contributed by atoms with Crippen LogP contribution in [0.15, 0.2) is 35.7 Å². The maximum Gasteiger partial charge on any atom is 0.165 e. The van der Waals surface area contributed by atoms with E-state index in [2.05, 4.69) is 15.3 Å². The van der Waals surface area contributed by atoms with Crippen molar-refractivity contribution in [1.29, 1.82) is 0 Å². The maximum atomic E-state index is 5.45. The maximum absolute atomic E-state index is 5.45. The van der Waals surface area contributed by atoms with Crippen molar-refractivity contribution in [3.63, 3.8) is 0 Å². The lowest BCUT2D eigenvalue weighted by atomic mass is 10.1. The smallest absolute Gasteiger partial charge is 0.165 e. The molecule has 0 saturated carbocycles. The molecule has 1 aromatic carbocycles. The molecule has 0 saturated heterocycles. The summed E-state index contributed by atoms with van der Waals surface area (Å²) in [7, 11) is 5.26. The summed E-state index contributed by atoms with van der Waals surface area (Å²) in [6.45, 7) is 0. The lowest BCUT2D eigenvalue weighted by Gasteiger charge is -2.19. The molecule has 1 aromatic heterocycles. The highest BCUT2D eigenvalue weighted by atomic mass is 32.2. The zero-order chi connectivity index (χ0) is 14.4. The first-order valence-electron chi connectivity index (χ1n) is 6.29. The fourth-order valence-electron chi connectivity index (χ4n) is 1.93. The number of thioether (sulfide) groups is 1. The summed E-state index contributed by atoms with van der Waals surface area (Å²) in [4.78, 5) is 7.30. The minimum absolute atomic E-state index is 0.172. The van der Waals surface area contributed by atoms with Crippen molar-refractivity contribution in [2.75, 3.05) is 27.0 Å². The number of nitrogens with zero attached hydrogens (tertiary/aromatic N) is 1. The van der Waals surface area contributed by atoms with Crippen LogP contribution in [-0.2, 0) is 0 Å². The van der Waals surface area contributed by atoms with Crippen LogP contribution in [0.3, 0.4) is 0 Å². The van der Waals surface area contributed by atoms with E-state index in [4.69, 9.17) is 9.47 Å². The Balaban J connectivity index is 2.13. The Kier molecular flexibility index (Phi) is 5.31. The summed E-state index contributed by atoms with van der Waals surface area (Å²) in [6, 6.07) is 6.05. The van der Waals surface area contributed by atoms with Gasteiger partial charge in [0.05, 0.1) is 14.2 Å². The van der Waals surface area contributed by atoms with Crippen molar-refractivity contribution in [2.45, 2.75) is 11.2 Å². The molecule has 0 radical (unpaired) electrons. The Labute approximate surface area is 123 Å². The van der Waals surface area contributed by atoms with Gasteiger partial charge in [-0.2, -0.15) is 0 Å². The zero-order valence-corrected chi connectivity index (χ0v) is 12.7. The molecule has 20 heavy (non-hydrogen) atoms. The zero-order valence-electron chi connectivity index (χ0n) is 11.8. The Morgan fingerprint density at radius 3 is 2.80 bits per heavy atom. The van der Waals surface area contributed by atoms with Gasteiger partial charge in [-0.05, 0) is 13.1 Å². The van der Waals surface area contributed by atoms with Crippen LogP contribution in [0.2, 0.25) is 0 Å². The minimum Gasteiger partial charge on any atom is -0.497 e. The highest BCUT2D eigenvalue weighted by Gasteiger charge is 2.16. The molecule has 0 aliphatic carbocycles. The van der Waals surface area contributed by atoms with Crippen LogP contribution in [0.1, 0.15) is 11.6 Å². The van der Waals surface area contributed by atoms with Crippen molar-refractivity contribution < 1.29 is 9.47 Å². The molecule has 6 heteroatoms. The van der Waals surface area contributed by atoms with Crippen molar-refractivity contribution in [1.82, 2.24) is 15.3 Å². The van der Waals surface area contributed by atoms with Gasteiger partial charge in [-0.15, -0.1) is 0 Å². The van der Waals surface area contributed by atoms with E-state index in [1.807, 2.05) is 31.4 Å². The normalized spacial score (nSPS) is 12.2. The second kappa shape index (κ2) is 7.21. The number of hydrogen-bond acceptors (Lipinski definition) is 5. The SMILES string of the molecule is CNC(CSc1ncc[nH]1)c1ccc(OC)cc1OC. The quantitative estimate of drug-likeness (QED) is 0.768. The lowest BCUT2D eigenvalue weighted by Crippen LogP contribution is -2.19. The van der Waals surface area contributed by atoms with Crippen LogP contribution in [0.4, 0.5) is 0 Å². The molecule has 1 unspecified atom stereocenters. The summed E-state index contributed by atoms with van der Waals surface area (Å²) in [5, 5.41) is 4.22. The van der Waals surface area contributed by atoms with E-state index in [1.165, 1.54) is 0 Å². The molecule has 2 aromatic rings. The summed E-state index contributed by atoms with van der Waals surface area (Å²) >= 11 is 1.67. The summed E-state index contributed by atoms with van der Waals surface area (Å²) in [5.74, 6) is 2.47. The van der Waals surface area contributed by atoms with Crippen LogP contribution in [0.25, 0.3) is 0 Å². The van der Waals surface area contributed by atoms with Gasteiger partial charge in [0.25, 0.3) is 0 Å². The van der Waals surface area contributed by atoms with Gasteiger partial charge in [-0.25, -0.2) is 4.98 Å². The number of imidazole rings is 1. The molecule has 0 amide bonds. The van der Waals surface area contributed by atoms with Crippen LogP contribution in [0, 0.1) is 0 Å². The average molecular weight is 293 g/mol. The van der Waals surface area contributed by atoms with Gasteiger partial charge in [-0.1, -0.05) is 17.8 Å². The van der Waals surface area contributed by atoms with E-state index in [1.54, 1.807) is 32.2 Å². The standard InChI is InChI=1S/C14H19N3O2S/c1-15-12(9-20-14-16-6-7-17-14)11-5-4-10(18-2)8-13(11)19-3/h4-8,12,15H,9H2,1-3H3,(H,16,17). The van der Waals surface area contributed by atoms with E-state index >= 15 is 0 Å². The first kappa shape index (κ1) is 14.7. The predicted octanol–water partition coefficient (Wildman–Crippen LogP) is 2.48. The number of benzene rings is 1. The first-order valence-corrected chi connectivity index (χ1v) is 7.28. The van der Waals surface area contributed by atoms with E-state index in [0.717, 1.165) is 28.0 Å². The van der Waals surface area contributed by atoms with E-state index in [0.29, 0.717) is 0 Å². The van der Waals surface area contributed by atoms with Crippen molar-refractivity contribution >= 4 is 11.8 Å². The highest BCUT2D eigenvalue weighted by Crippen LogP contribution is 2.31. The van der Waals surface area contributed by atoms with Gasteiger partial charge < -0.3 is 19.8 Å². The largest absolute Gasteiger partial charge is 0.497 e. The van der Waals surface area contributed by atoms with E-state index < -0.39 is 0 Å². The van der Waals surface area contributed by atoms with Crippen LogP contribution < -0.4 is 14.8 Å². The summed E-state index contributed by atoms with van der Waals surface area (Å²) < 4.78 is 10.7. The molecule has 0 aliphatic rings. The Morgan fingerprint density at radius 1 is 1.35 bits per heavy atom. The Hall–Kier alpha value is -1.66. The molecule has 0 aliphatic heterocycles. The number of rotatable bonds is 7. The molecule has 2 N–H and O–H groups in total. The molecule has 0 bridgehead atoms. The second-order valence-electron chi connectivity index (χ2n) is 4.15. The summed E-state index contributed by atoms with van der Waals surface area (Å²) in [5.41, 5.74) is 1.11. The molecule has 1 atom stereocenters. The minimum atomic E-state index is 0.172. The van der Waals surface area contributed by atoms with Crippen molar-refractivity contribution in [3.8, 4) is 11.5 Å². The van der Waals surface area contributed by atoms with Crippen molar-refractivity contribution in [2.24, 2.45) is 0 Å². The van der Waals surface area contributed by atoms with Gasteiger partial charge in [-0.3, -0.25) is 0 Å². The van der Waals surface area contributed by atoms with Gasteiger partial charge in [0, 0.05) is 35.8 Å². The average Bonchev–Trinajstić information content (AvgIpc) is 3.01. The molecule has 2 rings (SSSR count). The molecule has 0 fully saturated rings. The van der Waals surface area contributed by atoms with Gasteiger partial charge in [0.1, 0.15) is 11.5 Å². The lowest BCUT2D eigenvalue weighted by molar-refractivity contribution is 0.387. The first-order chi connectivity index (χ1) is 9.78. The van der Waals surface area contributed by atoms with Crippen LogP contribution >= 0.6 is 11.8 Å². The monoisotopic (exact) mass is 293 g/mol. The molecular weight excluding hydrogens is 274 g/mol. The van der Waals surface area contributed by atoms with Crippen LogP contribution in [0.5, 0.6) is 11.5 Å². The predicted molar refractivity (Wildman–Crippen MR) is 80.7 cm³/mol. The fourth-order valence-corrected chi connectivity index (χ4v) is 2.88. The number of methoxy groups -OCH3 is 2. The van der Waals surface area contributed by atoms with E-state index in [-0.39, 0.29) is 6.04 Å². The van der Waals surface area contributed by atoms with Gasteiger partial charge >= 0.3 is 0 Å². The second-order valence-corrected chi connectivity index (χ2v) is 5.16. The third-order valence-corrected chi connectivity index (χ3v) is 4.02. The number of aromatic amines is 1. The number of nitrogens with one attached hydrogen (secondary N) is 2. The number of hydrogen-bond donors (Lipinski definition) is 2. The molecule has 5 nitrogen and oxygen atoms in total. The molecule has 0 spiro atoms. The van der Waals surface area contributed by atoms with Crippen LogP contribution in [-0.4, -0.2) is 37.0 Å². The van der Waals surface area contributed by atoms with E-state index in [9.17, 15) is 0 Å². The Bertz CT molecular complexity index is 531. The third-order valence-electron chi connectivity index (χ3n) is 3.02. The summed E-state index contributed by atoms with van der Waals surface area (Å²) in [6.07, 6.45) is 3.58. The van der Waals surface area contributed by atoms with Gasteiger partial charge in [0.15, 0.2) is 5.16 Å². The number of ether oxygens (including phenoxy) is 2. The molecule has 108 valence electrons. The number of H-pyrrole nitrogens is 1. The molecule has 1 heterocycles. The molecular formula is C14H19N3O2S. The van der Waals surface area contributed by atoms with Crippen molar-refractivity contribution in [3.05, 3.63) is 36.2 Å². The Morgan fingerprint density at radius 2 is 2.20 bits per heavy atom. The van der Waals surface area contributed by atoms with Gasteiger partial charge in [0.2, 0.25) is 0 Å². The third kappa shape index (κ3) is 3.46. The highest BCUT2D eigenvalue weighted by molar-refractivity contribution is 7.99. The topological polar surface area (TPSA) is 59.2 Å². The number of aromatic nitrogens is 2.